The van der Waals surface area contributed by atoms with Crippen molar-refractivity contribution < 1.29 is 32.2 Å². The second-order valence-electron chi connectivity index (χ2n) is 7.54. The largest absolute Gasteiger partial charge is 0.493 e. The van der Waals surface area contributed by atoms with Gasteiger partial charge in [0.25, 0.3) is 5.91 Å². The summed E-state index contributed by atoms with van der Waals surface area (Å²) in [5, 5.41) is 2.65. The van der Waals surface area contributed by atoms with E-state index in [4.69, 9.17) is 14.2 Å². The number of benzene rings is 2. The highest BCUT2D eigenvalue weighted by atomic mass is 32.2. The molecule has 178 valence electrons. The van der Waals surface area contributed by atoms with Crippen molar-refractivity contribution in [2.75, 3.05) is 39.7 Å². The molecule has 1 N–H and O–H groups in total. The summed E-state index contributed by atoms with van der Waals surface area (Å²) >= 11 is 0. The predicted molar refractivity (Wildman–Crippen MR) is 123 cm³/mol. The van der Waals surface area contributed by atoms with Gasteiger partial charge in [0.15, 0.2) is 11.5 Å². The summed E-state index contributed by atoms with van der Waals surface area (Å²) in [4.78, 5) is 25.3. The predicted octanol–water partition coefficient (Wildman–Crippen LogP) is 3.31. The van der Waals surface area contributed by atoms with E-state index in [1.54, 1.807) is 0 Å². The number of esters is 1. The van der Waals surface area contributed by atoms with Gasteiger partial charge in [-0.1, -0.05) is 18.9 Å². The number of ether oxygens (including phenoxy) is 3. The Morgan fingerprint density at radius 2 is 1.55 bits per heavy atom. The molecule has 10 heteroatoms. The van der Waals surface area contributed by atoms with E-state index >= 15 is 0 Å². The number of hydrogen-bond acceptors (Lipinski definition) is 7. The average molecular weight is 477 g/mol. The van der Waals surface area contributed by atoms with Gasteiger partial charge >= 0.3 is 5.97 Å². The number of hydrogen-bond donors (Lipinski definition) is 1. The van der Waals surface area contributed by atoms with E-state index < -0.39 is 21.9 Å². The number of sulfonamides is 1. The normalized spacial score (nSPS) is 14.8. The molecule has 0 aromatic heterocycles. The molecule has 9 nitrogen and oxygen atoms in total. The number of anilines is 1. The standard InChI is InChI=1S/C23H28N2O7S/c1-30-20-14-18(23(27)32-3)19(15-21(20)31-2)24-22(26)16-9-8-10-17(13-16)33(28,29)25-11-6-4-5-7-12-25/h8-10,13-15H,4-7,11-12H2,1-3H3,(H,24,26). The van der Waals surface area contributed by atoms with Crippen molar-refractivity contribution in [3.8, 4) is 11.5 Å². The van der Waals surface area contributed by atoms with Crippen molar-refractivity contribution in [1.82, 2.24) is 4.31 Å². The number of methoxy groups -OCH3 is 3. The molecule has 1 aliphatic heterocycles. The van der Waals surface area contributed by atoms with Gasteiger partial charge in [0.1, 0.15) is 0 Å². The molecule has 1 aliphatic rings. The topological polar surface area (TPSA) is 111 Å². The molecule has 0 radical (unpaired) electrons. The van der Waals surface area contributed by atoms with Gasteiger partial charge in [0.05, 0.1) is 37.5 Å². The minimum absolute atomic E-state index is 0.0533. The summed E-state index contributed by atoms with van der Waals surface area (Å²) in [5.41, 5.74) is 0.346. The molecule has 2 aromatic carbocycles. The Hall–Kier alpha value is -3.11. The first kappa shape index (κ1) is 24.5. The molecule has 0 saturated carbocycles. The Morgan fingerprint density at radius 3 is 2.15 bits per heavy atom. The van der Waals surface area contributed by atoms with Crippen molar-refractivity contribution in [3.05, 3.63) is 47.5 Å². The van der Waals surface area contributed by atoms with Crippen LogP contribution in [-0.4, -0.2) is 59.0 Å². The molecule has 1 fully saturated rings. The van der Waals surface area contributed by atoms with E-state index in [0.717, 1.165) is 25.7 Å². The number of carbonyl (C=O) groups is 2. The van der Waals surface area contributed by atoms with Crippen molar-refractivity contribution in [2.24, 2.45) is 0 Å². The Bertz CT molecular complexity index is 1120. The minimum atomic E-state index is -3.72. The van der Waals surface area contributed by atoms with Crippen LogP contribution in [0.1, 0.15) is 46.4 Å². The highest BCUT2D eigenvalue weighted by molar-refractivity contribution is 7.89. The molecular formula is C23H28N2O7S. The van der Waals surface area contributed by atoms with Crippen molar-refractivity contribution >= 4 is 27.6 Å². The number of rotatable bonds is 7. The minimum Gasteiger partial charge on any atom is -0.493 e. The molecule has 0 aliphatic carbocycles. The van der Waals surface area contributed by atoms with Gasteiger partial charge in [0, 0.05) is 30.8 Å². The van der Waals surface area contributed by atoms with Crippen LogP contribution in [0, 0.1) is 0 Å². The fourth-order valence-electron chi connectivity index (χ4n) is 3.68. The number of nitrogens with one attached hydrogen (secondary N) is 1. The van der Waals surface area contributed by atoms with Gasteiger partial charge in [-0.2, -0.15) is 4.31 Å². The van der Waals surface area contributed by atoms with Crippen LogP contribution in [0.4, 0.5) is 5.69 Å². The number of nitrogens with zero attached hydrogens (tertiary/aromatic N) is 1. The van der Waals surface area contributed by atoms with Crippen LogP contribution >= 0.6 is 0 Å². The number of carbonyl (C=O) groups excluding carboxylic acids is 2. The Kier molecular flexibility index (Phi) is 7.93. The van der Waals surface area contributed by atoms with E-state index in [1.165, 1.54) is 62.0 Å². The molecule has 2 aromatic rings. The Morgan fingerprint density at radius 1 is 0.909 bits per heavy atom. The van der Waals surface area contributed by atoms with Gasteiger partial charge < -0.3 is 19.5 Å². The van der Waals surface area contributed by atoms with Crippen molar-refractivity contribution in [2.45, 2.75) is 30.6 Å². The Labute approximate surface area is 193 Å². The zero-order valence-corrected chi connectivity index (χ0v) is 19.7. The van der Waals surface area contributed by atoms with Crippen LogP contribution in [0.25, 0.3) is 0 Å². The van der Waals surface area contributed by atoms with Crippen LogP contribution < -0.4 is 14.8 Å². The summed E-state index contributed by atoms with van der Waals surface area (Å²) in [6.07, 6.45) is 3.63. The van der Waals surface area contributed by atoms with Crippen LogP contribution in [0.5, 0.6) is 11.5 Å². The van der Waals surface area contributed by atoms with Crippen LogP contribution in [-0.2, 0) is 14.8 Å². The maximum Gasteiger partial charge on any atom is 0.340 e. The first-order valence-corrected chi connectivity index (χ1v) is 12.0. The lowest BCUT2D eigenvalue weighted by atomic mass is 10.1. The smallest absolute Gasteiger partial charge is 0.340 e. The fourth-order valence-corrected chi connectivity index (χ4v) is 5.25. The summed E-state index contributed by atoms with van der Waals surface area (Å²) in [6, 6.07) is 8.70. The molecule has 1 amide bonds. The highest BCUT2D eigenvalue weighted by Gasteiger charge is 2.26. The van der Waals surface area contributed by atoms with Crippen LogP contribution in [0.15, 0.2) is 41.3 Å². The van der Waals surface area contributed by atoms with Crippen molar-refractivity contribution in [1.29, 1.82) is 0 Å². The molecule has 0 atom stereocenters. The average Bonchev–Trinajstić information content (AvgIpc) is 3.13. The highest BCUT2D eigenvalue weighted by Crippen LogP contribution is 2.34. The summed E-state index contributed by atoms with van der Waals surface area (Å²) < 4.78 is 43.0. The second kappa shape index (κ2) is 10.7. The lowest BCUT2D eigenvalue weighted by molar-refractivity contribution is 0.0601. The first-order valence-electron chi connectivity index (χ1n) is 10.6. The fraction of sp³-hybridized carbons (Fsp3) is 0.391. The summed E-state index contributed by atoms with van der Waals surface area (Å²) in [5.74, 6) is -0.664. The second-order valence-corrected chi connectivity index (χ2v) is 9.48. The third-order valence-electron chi connectivity index (χ3n) is 5.48. The summed E-state index contributed by atoms with van der Waals surface area (Å²) in [7, 11) is 0.360. The van der Waals surface area contributed by atoms with Gasteiger partial charge in [-0.3, -0.25) is 4.79 Å². The van der Waals surface area contributed by atoms with E-state index in [2.05, 4.69) is 5.32 Å². The van der Waals surface area contributed by atoms with E-state index in [0.29, 0.717) is 24.6 Å². The van der Waals surface area contributed by atoms with Gasteiger partial charge in [-0.15, -0.1) is 0 Å². The van der Waals surface area contributed by atoms with E-state index in [9.17, 15) is 18.0 Å². The zero-order chi connectivity index (χ0) is 24.0. The molecule has 0 unspecified atom stereocenters. The first-order chi connectivity index (χ1) is 15.8. The molecule has 0 bridgehead atoms. The number of amides is 1. The van der Waals surface area contributed by atoms with Crippen LogP contribution in [0.3, 0.4) is 0 Å². The van der Waals surface area contributed by atoms with Gasteiger partial charge in [0.2, 0.25) is 10.0 Å². The third-order valence-corrected chi connectivity index (χ3v) is 7.37. The van der Waals surface area contributed by atoms with E-state index in [1.807, 2.05) is 0 Å². The maximum absolute atomic E-state index is 13.1. The van der Waals surface area contributed by atoms with Gasteiger partial charge in [-0.25, -0.2) is 13.2 Å². The maximum atomic E-state index is 13.1. The quantitative estimate of drug-likeness (QED) is 0.610. The summed E-state index contributed by atoms with van der Waals surface area (Å²) in [6.45, 7) is 0.930. The molecule has 3 rings (SSSR count). The molecule has 0 spiro atoms. The SMILES string of the molecule is COC(=O)c1cc(OC)c(OC)cc1NC(=O)c1cccc(S(=O)(=O)N2CCCCCC2)c1. The lowest BCUT2D eigenvalue weighted by Crippen LogP contribution is -2.32. The third kappa shape index (κ3) is 5.45. The Balaban J connectivity index is 1.92. The molecule has 1 heterocycles. The van der Waals surface area contributed by atoms with Crippen LogP contribution in [0.2, 0.25) is 0 Å². The van der Waals surface area contributed by atoms with Crippen molar-refractivity contribution in [3.63, 3.8) is 0 Å². The van der Waals surface area contributed by atoms with E-state index in [-0.39, 0.29) is 21.7 Å². The zero-order valence-electron chi connectivity index (χ0n) is 18.9. The molecule has 33 heavy (non-hydrogen) atoms. The lowest BCUT2D eigenvalue weighted by Gasteiger charge is -2.20. The molecule has 1 saturated heterocycles. The monoisotopic (exact) mass is 476 g/mol. The van der Waals surface area contributed by atoms with Gasteiger partial charge in [-0.05, 0) is 31.0 Å². The molecular weight excluding hydrogens is 448 g/mol.